The number of rotatable bonds is 5. The monoisotopic (exact) mass is 196 g/mol. The quantitative estimate of drug-likeness (QED) is 0.682. The largest absolute Gasteiger partial charge is 0.393 e. The first-order chi connectivity index (χ1) is 6.72. The van der Waals surface area contributed by atoms with E-state index < -0.39 is 0 Å². The van der Waals surface area contributed by atoms with Crippen LogP contribution < -0.4 is 0 Å². The lowest BCUT2D eigenvalue weighted by Gasteiger charge is -2.41. The fourth-order valence-corrected chi connectivity index (χ4v) is 1.96. The molecule has 2 heteroatoms. The summed E-state index contributed by atoms with van der Waals surface area (Å²) in [4.78, 5) is 0. The van der Waals surface area contributed by atoms with Crippen LogP contribution in [0.3, 0.4) is 0 Å². The summed E-state index contributed by atoms with van der Waals surface area (Å²) in [7, 11) is 1.75. The summed E-state index contributed by atoms with van der Waals surface area (Å²) in [5.74, 6) is 5.80. The van der Waals surface area contributed by atoms with Crippen LogP contribution in [0.4, 0.5) is 0 Å². The Morgan fingerprint density at radius 3 is 2.64 bits per heavy atom. The second kappa shape index (κ2) is 5.38. The maximum absolute atomic E-state index is 9.76. The van der Waals surface area contributed by atoms with Gasteiger partial charge in [-0.1, -0.05) is 0 Å². The second-order valence-corrected chi connectivity index (χ2v) is 4.06. The summed E-state index contributed by atoms with van der Waals surface area (Å²) in [6.07, 6.45) is 5.50. The van der Waals surface area contributed by atoms with Crippen molar-refractivity contribution in [2.24, 2.45) is 0 Å². The average molecular weight is 196 g/mol. The number of hydrogen-bond donors (Lipinski definition) is 1. The highest BCUT2D eigenvalue weighted by molar-refractivity contribution is 4.96. The molecule has 1 N–H and O–H groups in total. The van der Waals surface area contributed by atoms with E-state index in [-0.39, 0.29) is 11.7 Å². The van der Waals surface area contributed by atoms with E-state index >= 15 is 0 Å². The highest BCUT2D eigenvalue weighted by Crippen LogP contribution is 2.39. The van der Waals surface area contributed by atoms with E-state index in [4.69, 9.17) is 4.74 Å². The molecule has 0 bridgehead atoms. The Bertz CT molecular complexity index is 215. The molecule has 1 atom stereocenters. The van der Waals surface area contributed by atoms with Crippen LogP contribution in [-0.2, 0) is 4.74 Å². The Balaban J connectivity index is 2.23. The van der Waals surface area contributed by atoms with Crippen molar-refractivity contribution in [3.63, 3.8) is 0 Å². The molecule has 14 heavy (non-hydrogen) atoms. The van der Waals surface area contributed by atoms with Crippen molar-refractivity contribution in [1.29, 1.82) is 0 Å². The topological polar surface area (TPSA) is 29.5 Å². The molecule has 0 heterocycles. The Hall–Kier alpha value is -0.520. The predicted molar refractivity (Wildman–Crippen MR) is 56.9 cm³/mol. The van der Waals surface area contributed by atoms with E-state index in [1.165, 1.54) is 6.42 Å². The minimum Gasteiger partial charge on any atom is -0.393 e. The molecule has 0 aromatic heterocycles. The molecule has 0 aliphatic heterocycles. The molecule has 1 saturated carbocycles. The molecule has 1 aliphatic carbocycles. The molecule has 0 saturated heterocycles. The summed E-state index contributed by atoms with van der Waals surface area (Å²) in [6.45, 7) is 1.83. The van der Waals surface area contributed by atoms with Gasteiger partial charge in [0.2, 0.25) is 0 Å². The molecule has 1 aliphatic rings. The van der Waals surface area contributed by atoms with Crippen LogP contribution in [0.1, 0.15) is 45.4 Å². The normalized spacial score (nSPS) is 20.5. The van der Waals surface area contributed by atoms with Gasteiger partial charge in [-0.15, -0.1) is 11.8 Å². The zero-order valence-electron chi connectivity index (χ0n) is 9.18. The summed E-state index contributed by atoms with van der Waals surface area (Å²) in [5.41, 5.74) is -0.0148. The summed E-state index contributed by atoms with van der Waals surface area (Å²) in [5, 5.41) is 9.76. The van der Waals surface area contributed by atoms with Gasteiger partial charge < -0.3 is 9.84 Å². The van der Waals surface area contributed by atoms with Crippen molar-refractivity contribution >= 4 is 0 Å². The number of methoxy groups -OCH3 is 1. The van der Waals surface area contributed by atoms with E-state index in [0.29, 0.717) is 0 Å². The third kappa shape index (κ3) is 3.01. The van der Waals surface area contributed by atoms with Crippen molar-refractivity contribution in [2.45, 2.75) is 57.2 Å². The van der Waals surface area contributed by atoms with Crippen LogP contribution in [0.5, 0.6) is 0 Å². The van der Waals surface area contributed by atoms with E-state index in [1.54, 1.807) is 7.11 Å². The van der Waals surface area contributed by atoms with Gasteiger partial charge in [-0.25, -0.2) is 0 Å². The van der Waals surface area contributed by atoms with Gasteiger partial charge in [0.25, 0.3) is 0 Å². The van der Waals surface area contributed by atoms with E-state index in [1.807, 2.05) is 6.92 Å². The minimum atomic E-state index is -0.254. The van der Waals surface area contributed by atoms with Gasteiger partial charge in [0, 0.05) is 20.0 Å². The van der Waals surface area contributed by atoms with Crippen molar-refractivity contribution < 1.29 is 9.84 Å². The number of ether oxygens (including phenoxy) is 1. The third-order valence-electron chi connectivity index (χ3n) is 3.08. The number of aliphatic hydroxyl groups is 1. The summed E-state index contributed by atoms with van der Waals surface area (Å²) >= 11 is 0. The Morgan fingerprint density at radius 2 is 2.21 bits per heavy atom. The highest BCUT2D eigenvalue weighted by Gasteiger charge is 2.38. The van der Waals surface area contributed by atoms with Gasteiger partial charge >= 0.3 is 0 Å². The molecule has 1 unspecified atom stereocenters. The molecule has 0 amide bonds. The molecule has 80 valence electrons. The molecule has 0 radical (unpaired) electrons. The maximum atomic E-state index is 9.76. The molecule has 0 aromatic rings. The highest BCUT2D eigenvalue weighted by atomic mass is 16.5. The van der Waals surface area contributed by atoms with Gasteiger partial charge in [-0.2, -0.15) is 0 Å². The molecule has 1 rings (SSSR count). The van der Waals surface area contributed by atoms with Crippen molar-refractivity contribution in [1.82, 2.24) is 0 Å². The summed E-state index contributed by atoms with van der Waals surface area (Å²) < 4.78 is 5.45. The molecule has 0 aromatic carbocycles. The number of aliphatic hydroxyl groups excluding tert-OH is 1. The van der Waals surface area contributed by atoms with Crippen LogP contribution in [0, 0.1) is 11.8 Å². The van der Waals surface area contributed by atoms with Crippen LogP contribution in [0.25, 0.3) is 0 Å². The fraction of sp³-hybridized carbons (Fsp3) is 0.833. The molecule has 0 spiro atoms. The predicted octanol–water partition coefficient (Wildman–Crippen LogP) is 2.11. The molecule has 1 fully saturated rings. The lowest BCUT2D eigenvalue weighted by atomic mass is 9.75. The molecular formula is C12H20O2. The lowest BCUT2D eigenvalue weighted by molar-refractivity contribution is -0.0997. The first kappa shape index (κ1) is 11.6. The first-order valence-electron chi connectivity index (χ1n) is 5.35. The fourth-order valence-electron chi connectivity index (χ4n) is 1.96. The Morgan fingerprint density at radius 1 is 1.50 bits per heavy atom. The van der Waals surface area contributed by atoms with Crippen molar-refractivity contribution in [3.05, 3.63) is 0 Å². The lowest BCUT2D eigenvalue weighted by Crippen LogP contribution is -2.42. The smallest absolute Gasteiger partial charge is 0.0703 e. The zero-order chi connectivity index (χ0) is 10.4. The first-order valence-corrected chi connectivity index (χ1v) is 5.35. The van der Waals surface area contributed by atoms with Gasteiger partial charge in [0.05, 0.1) is 11.7 Å². The second-order valence-electron chi connectivity index (χ2n) is 4.06. The Labute approximate surface area is 86.7 Å². The third-order valence-corrected chi connectivity index (χ3v) is 3.08. The van der Waals surface area contributed by atoms with Crippen molar-refractivity contribution in [3.8, 4) is 11.8 Å². The standard InChI is InChI=1S/C12H20O2/c1-3-4-5-7-11(13)10-12(14-2)8-6-9-12/h11,13H,5-10H2,1-2H3. The number of hydrogen-bond acceptors (Lipinski definition) is 2. The van der Waals surface area contributed by atoms with E-state index in [0.717, 1.165) is 32.1 Å². The van der Waals surface area contributed by atoms with Crippen LogP contribution in [0.15, 0.2) is 0 Å². The van der Waals surface area contributed by atoms with Gasteiger partial charge in [0.15, 0.2) is 0 Å². The molecular weight excluding hydrogens is 176 g/mol. The Kier molecular flexibility index (Phi) is 4.44. The summed E-state index contributed by atoms with van der Waals surface area (Å²) in [6, 6.07) is 0. The van der Waals surface area contributed by atoms with Crippen LogP contribution in [-0.4, -0.2) is 23.9 Å². The van der Waals surface area contributed by atoms with Crippen LogP contribution in [0.2, 0.25) is 0 Å². The van der Waals surface area contributed by atoms with Crippen LogP contribution >= 0.6 is 0 Å². The van der Waals surface area contributed by atoms with E-state index in [9.17, 15) is 5.11 Å². The van der Waals surface area contributed by atoms with Crippen molar-refractivity contribution in [2.75, 3.05) is 7.11 Å². The van der Waals surface area contributed by atoms with Gasteiger partial charge in [0.1, 0.15) is 0 Å². The SMILES string of the molecule is CC#CCCC(O)CC1(OC)CCC1. The van der Waals surface area contributed by atoms with Gasteiger partial charge in [-0.05, 0) is 32.6 Å². The minimum absolute atomic E-state index is 0.0148. The van der Waals surface area contributed by atoms with Gasteiger partial charge in [-0.3, -0.25) is 0 Å². The maximum Gasteiger partial charge on any atom is 0.0703 e. The zero-order valence-corrected chi connectivity index (χ0v) is 9.18. The average Bonchev–Trinajstić information content (AvgIpc) is 2.12. The van der Waals surface area contributed by atoms with E-state index in [2.05, 4.69) is 11.8 Å². The molecule has 2 nitrogen and oxygen atoms in total.